The molecule has 28 heavy (non-hydrogen) atoms. The quantitative estimate of drug-likeness (QED) is 0.662. The Morgan fingerprint density at radius 3 is 2.50 bits per heavy atom. The highest BCUT2D eigenvalue weighted by Gasteiger charge is 2.47. The lowest BCUT2D eigenvalue weighted by Crippen LogP contribution is -2.52. The number of piperidine rings is 1. The van der Waals surface area contributed by atoms with Crippen molar-refractivity contribution in [2.45, 2.75) is 42.4 Å². The number of benzene rings is 1. The molecule has 1 saturated heterocycles. The van der Waals surface area contributed by atoms with Crippen molar-refractivity contribution in [2.75, 3.05) is 0 Å². The molecular formula is C18H14BrF3N2O3S. The molecular weight excluding hydrogens is 461 g/mol. The minimum atomic E-state index is -4.65. The lowest BCUT2D eigenvalue weighted by Gasteiger charge is -2.45. The Hall–Kier alpha value is -1.78. The van der Waals surface area contributed by atoms with Crippen molar-refractivity contribution in [2.24, 2.45) is 0 Å². The molecule has 2 aromatic rings. The number of sulfonamides is 1. The molecule has 0 radical (unpaired) electrons. The minimum absolute atomic E-state index is 0.0272. The third-order valence-electron chi connectivity index (χ3n) is 5.09. The number of hydrogen-bond acceptors (Lipinski definition) is 4. The maximum atomic E-state index is 13.3. The van der Waals surface area contributed by atoms with E-state index in [1.807, 2.05) is 12.1 Å². The van der Waals surface area contributed by atoms with Crippen molar-refractivity contribution in [1.82, 2.24) is 9.29 Å². The third-order valence-corrected chi connectivity index (χ3v) is 7.72. The normalized spacial score (nSPS) is 22.8. The molecule has 1 fully saturated rings. The zero-order valence-electron chi connectivity index (χ0n) is 14.3. The summed E-state index contributed by atoms with van der Waals surface area (Å²) in [6.45, 7) is 0. The standard InChI is InChI=1S/C18H14BrF3N2O3S/c19-14-3-1-2-10-6-11-7-12(25)8-15(17(10)14)24(11)28(26,27)13-4-5-16(23-9-13)18(20,21)22/h1-5,9,11,15H,6-8H2. The smallest absolute Gasteiger partial charge is 0.300 e. The first-order chi connectivity index (χ1) is 13.1. The summed E-state index contributed by atoms with van der Waals surface area (Å²) >= 11 is 3.44. The number of carbonyl (C=O) groups excluding carboxylic acids is 1. The second-order valence-electron chi connectivity index (χ2n) is 6.85. The Balaban J connectivity index is 1.79. The van der Waals surface area contributed by atoms with Gasteiger partial charge >= 0.3 is 6.18 Å². The second kappa shape index (κ2) is 6.64. The Bertz CT molecular complexity index is 1050. The van der Waals surface area contributed by atoms with Gasteiger partial charge in [0.2, 0.25) is 10.0 Å². The lowest BCUT2D eigenvalue weighted by atomic mass is 9.81. The average molecular weight is 475 g/mol. The fourth-order valence-corrected chi connectivity index (χ4v) is 6.36. The van der Waals surface area contributed by atoms with Gasteiger partial charge in [0.15, 0.2) is 0 Å². The number of aromatic nitrogens is 1. The van der Waals surface area contributed by atoms with Crippen molar-refractivity contribution in [3.8, 4) is 0 Å². The van der Waals surface area contributed by atoms with Crippen molar-refractivity contribution < 1.29 is 26.4 Å². The van der Waals surface area contributed by atoms with Crippen LogP contribution in [0.25, 0.3) is 0 Å². The highest BCUT2D eigenvalue weighted by Crippen LogP contribution is 2.46. The first-order valence-electron chi connectivity index (χ1n) is 8.45. The molecule has 1 aromatic carbocycles. The summed E-state index contributed by atoms with van der Waals surface area (Å²) in [5, 5.41) is 0. The molecule has 0 amide bonds. The first-order valence-corrected chi connectivity index (χ1v) is 10.7. The molecule has 5 nitrogen and oxygen atoms in total. The molecule has 0 spiro atoms. The van der Waals surface area contributed by atoms with Crippen molar-refractivity contribution in [3.63, 3.8) is 0 Å². The Labute approximate surface area is 167 Å². The molecule has 148 valence electrons. The maximum absolute atomic E-state index is 13.3. The zero-order valence-corrected chi connectivity index (χ0v) is 16.7. The van der Waals surface area contributed by atoms with Gasteiger partial charge in [-0.05, 0) is 35.7 Å². The van der Waals surface area contributed by atoms with E-state index in [1.165, 1.54) is 4.31 Å². The van der Waals surface area contributed by atoms with E-state index in [0.717, 1.165) is 23.4 Å². The van der Waals surface area contributed by atoms with Crippen molar-refractivity contribution in [3.05, 3.63) is 57.8 Å². The summed E-state index contributed by atoms with van der Waals surface area (Å²) in [6.07, 6.45) is -3.45. The average Bonchev–Trinajstić information content (AvgIpc) is 2.60. The van der Waals surface area contributed by atoms with Gasteiger partial charge in [-0.25, -0.2) is 8.42 Å². The van der Waals surface area contributed by atoms with Crippen LogP contribution in [0.15, 0.2) is 45.9 Å². The molecule has 3 heterocycles. The van der Waals surface area contributed by atoms with Gasteiger partial charge < -0.3 is 0 Å². The number of ketones is 1. The third kappa shape index (κ3) is 3.17. The number of nitrogens with zero attached hydrogens (tertiary/aromatic N) is 2. The molecule has 1 aromatic heterocycles. The number of pyridine rings is 1. The van der Waals surface area contributed by atoms with Crippen LogP contribution in [-0.4, -0.2) is 29.5 Å². The largest absolute Gasteiger partial charge is 0.433 e. The van der Waals surface area contributed by atoms with E-state index in [9.17, 15) is 26.4 Å². The van der Waals surface area contributed by atoms with Crippen LogP contribution in [-0.2, 0) is 27.4 Å². The van der Waals surface area contributed by atoms with Crippen LogP contribution >= 0.6 is 15.9 Å². The van der Waals surface area contributed by atoms with Crippen LogP contribution in [0, 0.1) is 0 Å². The van der Waals surface area contributed by atoms with Gasteiger partial charge in [-0.1, -0.05) is 28.1 Å². The number of carbonyl (C=O) groups is 1. The van der Waals surface area contributed by atoms with E-state index in [2.05, 4.69) is 20.9 Å². The zero-order chi connectivity index (χ0) is 20.3. The van der Waals surface area contributed by atoms with Crippen LogP contribution in [0.4, 0.5) is 13.2 Å². The minimum Gasteiger partial charge on any atom is -0.300 e. The van der Waals surface area contributed by atoms with Crippen LogP contribution in [0.2, 0.25) is 0 Å². The summed E-state index contributed by atoms with van der Waals surface area (Å²) in [7, 11) is -4.14. The van der Waals surface area contributed by atoms with Crippen LogP contribution in [0.3, 0.4) is 0 Å². The molecule has 2 aliphatic heterocycles. The molecule has 0 N–H and O–H groups in total. The van der Waals surface area contributed by atoms with E-state index in [0.29, 0.717) is 17.0 Å². The fourth-order valence-electron chi connectivity index (χ4n) is 3.96. The number of Topliss-reactive ketones (excluding diaryl/α,β-unsaturated/α-hetero) is 1. The number of hydrogen-bond donors (Lipinski definition) is 0. The van der Waals surface area contributed by atoms with Crippen LogP contribution in [0.5, 0.6) is 0 Å². The van der Waals surface area contributed by atoms with Gasteiger partial charge in [-0.2, -0.15) is 17.5 Å². The lowest BCUT2D eigenvalue weighted by molar-refractivity contribution is -0.141. The predicted octanol–water partition coefficient (Wildman–Crippen LogP) is 3.88. The molecule has 4 rings (SSSR count). The number of halogens is 4. The summed E-state index contributed by atoms with van der Waals surface area (Å²) in [4.78, 5) is 15.1. The molecule has 2 bridgehead atoms. The van der Waals surface area contributed by atoms with E-state index in [4.69, 9.17) is 0 Å². The van der Waals surface area contributed by atoms with Crippen LogP contribution in [0.1, 0.15) is 35.7 Å². The highest BCUT2D eigenvalue weighted by atomic mass is 79.9. The van der Waals surface area contributed by atoms with E-state index in [-0.39, 0.29) is 23.5 Å². The molecule has 0 aliphatic carbocycles. The summed E-state index contributed by atoms with van der Waals surface area (Å²) < 4.78 is 66.7. The van der Waals surface area contributed by atoms with Crippen molar-refractivity contribution >= 4 is 31.7 Å². The topological polar surface area (TPSA) is 67.3 Å². The van der Waals surface area contributed by atoms with E-state index < -0.39 is 34.0 Å². The molecule has 2 aliphatic rings. The van der Waals surface area contributed by atoms with Gasteiger partial charge in [-0.3, -0.25) is 9.78 Å². The van der Waals surface area contributed by atoms with Gasteiger partial charge in [0, 0.05) is 29.6 Å². The molecule has 0 saturated carbocycles. The highest BCUT2D eigenvalue weighted by molar-refractivity contribution is 9.10. The maximum Gasteiger partial charge on any atom is 0.433 e. The van der Waals surface area contributed by atoms with Crippen molar-refractivity contribution in [1.29, 1.82) is 0 Å². The first kappa shape index (κ1) is 19.5. The Kier molecular flexibility index (Phi) is 4.63. The summed E-state index contributed by atoms with van der Waals surface area (Å²) in [6, 6.07) is 5.84. The summed E-state index contributed by atoms with van der Waals surface area (Å²) in [5.41, 5.74) is 0.540. The van der Waals surface area contributed by atoms with E-state index >= 15 is 0 Å². The van der Waals surface area contributed by atoms with Gasteiger partial charge in [0.1, 0.15) is 16.4 Å². The van der Waals surface area contributed by atoms with Gasteiger partial charge in [-0.15, -0.1) is 0 Å². The number of fused-ring (bicyclic) bond motifs is 4. The number of alkyl halides is 3. The molecule has 2 unspecified atom stereocenters. The van der Waals surface area contributed by atoms with E-state index in [1.54, 1.807) is 6.07 Å². The van der Waals surface area contributed by atoms with Crippen LogP contribution < -0.4 is 0 Å². The Morgan fingerprint density at radius 1 is 1.11 bits per heavy atom. The molecule has 2 atom stereocenters. The second-order valence-corrected chi connectivity index (χ2v) is 9.54. The predicted molar refractivity (Wildman–Crippen MR) is 96.9 cm³/mol. The van der Waals surface area contributed by atoms with Gasteiger partial charge in [0.05, 0.1) is 6.04 Å². The fraction of sp³-hybridized carbons (Fsp3) is 0.333. The monoisotopic (exact) mass is 474 g/mol. The van der Waals surface area contributed by atoms with Gasteiger partial charge in [0.25, 0.3) is 0 Å². The SMILES string of the molecule is O=C1CC2Cc3cccc(Br)c3C(C1)N2S(=O)(=O)c1ccc(C(F)(F)F)nc1. The number of rotatable bonds is 2. The summed E-state index contributed by atoms with van der Waals surface area (Å²) in [5.74, 6) is -0.0339. The Morgan fingerprint density at radius 2 is 1.86 bits per heavy atom. The molecule has 10 heteroatoms.